The van der Waals surface area contributed by atoms with Gasteiger partial charge in [-0.2, -0.15) is 11.8 Å². The van der Waals surface area contributed by atoms with Gasteiger partial charge in [-0.25, -0.2) is 14.2 Å². The Morgan fingerprint density at radius 3 is 2.75 bits per heavy atom. The zero-order chi connectivity index (χ0) is 25.8. The van der Waals surface area contributed by atoms with E-state index in [0.717, 1.165) is 41.5 Å². The summed E-state index contributed by atoms with van der Waals surface area (Å²) in [5.41, 5.74) is 2.56. The first kappa shape index (κ1) is 25.0. The van der Waals surface area contributed by atoms with Gasteiger partial charge in [0.15, 0.2) is 5.60 Å². The number of benzene rings is 1. The molecule has 8 heteroatoms. The van der Waals surface area contributed by atoms with Crippen LogP contribution in [0.2, 0.25) is 0 Å². The topological polar surface area (TPSA) is 81.4 Å². The third-order valence-electron chi connectivity index (χ3n) is 7.42. The standard InChI is InChI=1S/C28H31FN2O4S/c1-5-28(34)21-11-24-25-17(13-31(24)26(32)20(21)14-35-27(28)33)10-19-18(8-6-7-9-36-15(2)3)16(4)22(29)12-23(19)30-25/h10-12,15,34H,5-9,13-14H2,1-4H3/t28-/m0/s1. The van der Waals surface area contributed by atoms with Gasteiger partial charge >= 0.3 is 5.97 Å². The van der Waals surface area contributed by atoms with Gasteiger partial charge in [0, 0.05) is 22.6 Å². The van der Waals surface area contributed by atoms with Crippen LogP contribution in [0.3, 0.4) is 0 Å². The maximum absolute atomic E-state index is 14.9. The molecule has 0 bridgehead atoms. The van der Waals surface area contributed by atoms with Gasteiger partial charge < -0.3 is 14.4 Å². The van der Waals surface area contributed by atoms with E-state index in [1.807, 2.05) is 24.8 Å². The predicted molar refractivity (Wildman–Crippen MR) is 140 cm³/mol. The highest BCUT2D eigenvalue weighted by Crippen LogP contribution is 2.39. The van der Waals surface area contributed by atoms with Crippen LogP contribution in [-0.2, 0) is 34.7 Å². The van der Waals surface area contributed by atoms with E-state index in [0.29, 0.717) is 39.8 Å². The third kappa shape index (κ3) is 3.95. The number of unbranched alkanes of at least 4 members (excludes halogenated alkanes) is 1. The zero-order valence-corrected chi connectivity index (χ0v) is 21.9. The molecular weight excluding hydrogens is 479 g/mol. The minimum absolute atomic E-state index is 0.0866. The van der Waals surface area contributed by atoms with E-state index >= 15 is 0 Å². The van der Waals surface area contributed by atoms with Crippen molar-refractivity contribution in [2.75, 3.05) is 5.75 Å². The molecule has 6 nitrogen and oxygen atoms in total. The number of carbonyl (C=O) groups is 1. The number of carbonyl (C=O) groups excluding carboxylic acids is 1. The number of fused-ring (bicyclic) bond motifs is 5. The van der Waals surface area contributed by atoms with Gasteiger partial charge in [-0.3, -0.25) is 4.79 Å². The van der Waals surface area contributed by atoms with Crippen molar-refractivity contribution in [1.29, 1.82) is 0 Å². The van der Waals surface area contributed by atoms with Gasteiger partial charge in [-0.05, 0) is 66.9 Å². The molecule has 5 rings (SSSR count). The molecule has 0 spiro atoms. The molecule has 0 radical (unpaired) electrons. The van der Waals surface area contributed by atoms with Crippen molar-refractivity contribution in [2.45, 2.75) is 77.4 Å². The van der Waals surface area contributed by atoms with E-state index in [-0.39, 0.29) is 30.0 Å². The lowest BCUT2D eigenvalue weighted by Gasteiger charge is -2.31. The molecule has 0 unspecified atom stereocenters. The summed E-state index contributed by atoms with van der Waals surface area (Å²) in [4.78, 5) is 30.6. The molecule has 3 aromatic rings. The average Bonchev–Trinajstić information content (AvgIpc) is 3.20. The molecule has 1 atom stereocenters. The van der Waals surface area contributed by atoms with Crippen molar-refractivity contribution < 1.29 is 19.0 Å². The Morgan fingerprint density at radius 1 is 1.25 bits per heavy atom. The molecular formula is C28H31FN2O4S. The van der Waals surface area contributed by atoms with E-state index in [2.05, 4.69) is 13.8 Å². The average molecular weight is 511 g/mol. The fourth-order valence-electron chi connectivity index (χ4n) is 5.31. The highest BCUT2D eigenvalue weighted by molar-refractivity contribution is 7.99. The number of cyclic esters (lactones) is 1. The van der Waals surface area contributed by atoms with E-state index in [1.165, 1.54) is 6.07 Å². The quantitative estimate of drug-likeness (QED) is 0.279. The van der Waals surface area contributed by atoms with E-state index in [9.17, 15) is 19.1 Å². The highest BCUT2D eigenvalue weighted by atomic mass is 32.2. The Hall–Kier alpha value is -2.71. The Labute approximate surface area is 213 Å². The van der Waals surface area contributed by atoms with Crippen LogP contribution in [0.4, 0.5) is 4.39 Å². The van der Waals surface area contributed by atoms with Crippen LogP contribution in [0.1, 0.15) is 67.9 Å². The minimum atomic E-state index is -1.87. The fourth-order valence-corrected chi connectivity index (χ4v) is 6.15. The molecule has 0 saturated heterocycles. The number of aromatic nitrogens is 2. The molecule has 1 aromatic carbocycles. The van der Waals surface area contributed by atoms with Crippen LogP contribution in [0.25, 0.3) is 22.3 Å². The van der Waals surface area contributed by atoms with Crippen LogP contribution in [0, 0.1) is 12.7 Å². The first-order chi connectivity index (χ1) is 17.2. The molecule has 2 aromatic heterocycles. The van der Waals surface area contributed by atoms with Crippen LogP contribution in [0.5, 0.6) is 0 Å². The largest absolute Gasteiger partial charge is 0.458 e. The fraction of sp³-hybridized carbons (Fsp3) is 0.464. The molecule has 0 amide bonds. The summed E-state index contributed by atoms with van der Waals surface area (Å²) in [6, 6.07) is 5.17. The Bertz CT molecular complexity index is 1450. The monoisotopic (exact) mass is 510 g/mol. The first-order valence-electron chi connectivity index (χ1n) is 12.6. The van der Waals surface area contributed by atoms with Crippen molar-refractivity contribution in [3.63, 3.8) is 0 Å². The maximum atomic E-state index is 14.9. The van der Waals surface area contributed by atoms with Crippen LogP contribution in [0.15, 0.2) is 23.0 Å². The summed E-state index contributed by atoms with van der Waals surface area (Å²) in [6.07, 6.45) is 2.88. The number of nitrogens with zero attached hydrogens (tertiary/aromatic N) is 2. The molecule has 0 saturated carbocycles. The number of thioether (sulfide) groups is 1. The minimum Gasteiger partial charge on any atom is -0.458 e. The number of hydrogen-bond acceptors (Lipinski definition) is 6. The Kier molecular flexibility index (Phi) is 6.45. The number of hydrogen-bond donors (Lipinski definition) is 1. The number of esters is 1. The lowest BCUT2D eigenvalue weighted by atomic mass is 9.86. The number of halogens is 1. The number of aryl methyl sites for hydroxylation is 1. The van der Waals surface area contributed by atoms with Crippen molar-refractivity contribution in [3.8, 4) is 11.4 Å². The van der Waals surface area contributed by atoms with E-state index in [1.54, 1.807) is 17.6 Å². The number of pyridine rings is 2. The first-order valence-corrected chi connectivity index (χ1v) is 13.6. The van der Waals surface area contributed by atoms with Crippen molar-refractivity contribution >= 4 is 28.6 Å². The second-order valence-corrected chi connectivity index (χ2v) is 11.7. The molecule has 4 heterocycles. The van der Waals surface area contributed by atoms with Crippen LogP contribution >= 0.6 is 11.8 Å². The normalized spacial score (nSPS) is 18.4. The Balaban J connectivity index is 1.58. The van der Waals surface area contributed by atoms with Crippen LogP contribution in [-0.4, -0.2) is 31.6 Å². The second kappa shape index (κ2) is 9.30. The number of aliphatic hydroxyl groups is 1. The SMILES string of the molecule is CC[C@@]1(O)C(=O)OCc2c1cc1n(c2=O)Cc2cc3c(CCCCSC(C)C)c(C)c(F)cc3nc2-1. The summed E-state index contributed by atoms with van der Waals surface area (Å²) in [5.74, 6) is 0.0440. The molecule has 190 valence electrons. The maximum Gasteiger partial charge on any atom is 0.343 e. The van der Waals surface area contributed by atoms with Gasteiger partial charge in [-0.1, -0.05) is 20.8 Å². The van der Waals surface area contributed by atoms with Crippen molar-refractivity contribution in [1.82, 2.24) is 9.55 Å². The predicted octanol–water partition coefficient (Wildman–Crippen LogP) is 4.99. The molecule has 0 aliphatic carbocycles. The lowest BCUT2D eigenvalue weighted by Crippen LogP contribution is -2.44. The van der Waals surface area contributed by atoms with Gasteiger partial charge in [0.25, 0.3) is 5.56 Å². The highest BCUT2D eigenvalue weighted by Gasteiger charge is 2.45. The van der Waals surface area contributed by atoms with Gasteiger partial charge in [0.2, 0.25) is 0 Å². The van der Waals surface area contributed by atoms with Crippen LogP contribution < -0.4 is 5.56 Å². The third-order valence-corrected chi connectivity index (χ3v) is 8.61. The summed E-state index contributed by atoms with van der Waals surface area (Å²) in [7, 11) is 0. The molecule has 2 aliphatic rings. The summed E-state index contributed by atoms with van der Waals surface area (Å²) in [6.45, 7) is 8.04. The molecule has 2 aliphatic heterocycles. The summed E-state index contributed by atoms with van der Waals surface area (Å²) in [5, 5.41) is 12.6. The van der Waals surface area contributed by atoms with Gasteiger partial charge in [0.1, 0.15) is 12.4 Å². The van der Waals surface area contributed by atoms with E-state index < -0.39 is 11.6 Å². The Morgan fingerprint density at radius 2 is 2.03 bits per heavy atom. The summed E-state index contributed by atoms with van der Waals surface area (Å²) >= 11 is 1.93. The molecule has 36 heavy (non-hydrogen) atoms. The lowest BCUT2D eigenvalue weighted by molar-refractivity contribution is -0.172. The van der Waals surface area contributed by atoms with Gasteiger partial charge in [-0.15, -0.1) is 0 Å². The van der Waals surface area contributed by atoms with Crippen molar-refractivity contribution in [3.05, 3.63) is 62.2 Å². The smallest absolute Gasteiger partial charge is 0.343 e. The summed E-state index contributed by atoms with van der Waals surface area (Å²) < 4.78 is 21.7. The second-order valence-electron chi connectivity index (χ2n) is 10.0. The van der Waals surface area contributed by atoms with Crippen molar-refractivity contribution in [2.24, 2.45) is 0 Å². The zero-order valence-electron chi connectivity index (χ0n) is 21.1. The number of rotatable bonds is 7. The van der Waals surface area contributed by atoms with E-state index in [4.69, 9.17) is 9.72 Å². The molecule has 0 fully saturated rings. The van der Waals surface area contributed by atoms with Gasteiger partial charge in [0.05, 0.1) is 29.0 Å². The molecule has 1 N–H and O–H groups in total. The number of ether oxygens (including phenoxy) is 1.